The van der Waals surface area contributed by atoms with Crippen LogP contribution in [0.5, 0.6) is 0 Å². The van der Waals surface area contributed by atoms with Gasteiger partial charge in [-0.2, -0.15) is 0 Å². The van der Waals surface area contributed by atoms with E-state index in [1.807, 2.05) is 45.0 Å². The van der Waals surface area contributed by atoms with E-state index in [0.717, 1.165) is 43.7 Å². The topological polar surface area (TPSA) is 61.8 Å². The lowest BCUT2D eigenvalue weighted by molar-refractivity contribution is 0.0635. The smallest absolute Gasteiger partial charge is 0.412 e. The molecule has 0 aromatic heterocycles. The quantitative estimate of drug-likeness (QED) is 0.901. The van der Waals surface area contributed by atoms with Gasteiger partial charge in [0.05, 0.1) is 6.10 Å². The van der Waals surface area contributed by atoms with Crippen molar-refractivity contribution in [1.82, 2.24) is 4.90 Å². The Labute approximate surface area is 132 Å². The number of likely N-dealkylation sites (tertiary alicyclic amines) is 1. The minimum atomic E-state index is -0.512. The molecule has 1 saturated heterocycles. The fourth-order valence-corrected chi connectivity index (χ4v) is 2.51. The predicted octanol–water partition coefficient (Wildman–Crippen LogP) is 2.99. The molecule has 0 atom stereocenters. The van der Waals surface area contributed by atoms with Gasteiger partial charge in [0.1, 0.15) is 5.60 Å². The van der Waals surface area contributed by atoms with E-state index >= 15 is 0 Å². The van der Waals surface area contributed by atoms with Crippen LogP contribution in [-0.2, 0) is 11.3 Å². The Kier molecular flexibility index (Phi) is 5.42. The standard InChI is InChI=1S/C17H26N2O3/c1-17(2,3)22-16(21)18-15-7-5-4-6-13(15)12-19-10-8-14(20)9-11-19/h4-7,14,20H,8-12H2,1-3H3,(H,18,21). The Balaban J connectivity index is 1.99. The number of nitrogens with zero attached hydrogens (tertiary/aromatic N) is 1. The zero-order valence-electron chi connectivity index (χ0n) is 13.6. The van der Waals surface area contributed by atoms with Crippen LogP contribution in [0.3, 0.4) is 0 Å². The molecule has 0 bridgehead atoms. The van der Waals surface area contributed by atoms with E-state index < -0.39 is 11.7 Å². The monoisotopic (exact) mass is 306 g/mol. The zero-order chi connectivity index (χ0) is 16.2. The van der Waals surface area contributed by atoms with Gasteiger partial charge in [0, 0.05) is 25.3 Å². The number of anilines is 1. The molecule has 5 nitrogen and oxygen atoms in total. The molecule has 1 aliphatic rings. The van der Waals surface area contributed by atoms with Crippen molar-refractivity contribution in [3.05, 3.63) is 29.8 Å². The summed E-state index contributed by atoms with van der Waals surface area (Å²) in [5.41, 5.74) is 1.33. The second-order valence-corrected chi connectivity index (χ2v) is 6.79. The Morgan fingerprint density at radius 2 is 1.95 bits per heavy atom. The molecule has 1 heterocycles. The number of rotatable bonds is 3. The summed E-state index contributed by atoms with van der Waals surface area (Å²) in [6.45, 7) is 8.05. The summed E-state index contributed by atoms with van der Waals surface area (Å²) >= 11 is 0. The maximum Gasteiger partial charge on any atom is 0.412 e. The predicted molar refractivity (Wildman–Crippen MR) is 86.8 cm³/mol. The van der Waals surface area contributed by atoms with E-state index in [4.69, 9.17) is 4.74 Å². The Hall–Kier alpha value is -1.59. The van der Waals surface area contributed by atoms with Gasteiger partial charge in [-0.05, 0) is 45.2 Å². The molecule has 1 aromatic carbocycles. The first-order valence-corrected chi connectivity index (χ1v) is 7.82. The fraction of sp³-hybridized carbons (Fsp3) is 0.588. The summed E-state index contributed by atoms with van der Waals surface area (Å²) < 4.78 is 5.30. The van der Waals surface area contributed by atoms with E-state index in [1.54, 1.807) is 0 Å². The average Bonchev–Trinajstić information content (AvgIpc) is 2.41. The molecule has 1 fully saturated rings. The number of carbonyl (C=O) groups is 1. The Bertz CT molecular complexity index is 503. The largest absolute Gasteiger partial charge is 0.444 e. The Morgan fingerprint density at radius 1 is 1.32 bits per heavy atom. The van der Waals surface area contributed by atoms with Crippen LogP contribution >= 0.6 is 0 Å². The van der Waals surface area contributed by atoms with Crippen LogP contribution < -0.4 is 5.32 Å². The minimum absolute atomic E-state index is 0.175. The molecular weight excluding hydrogens is 280 g/mol. The number of ether oxygens (including phenoxy) is 1. The first kappa shape index (κ1) is 16.8. The lowest BCUT2D eigenvalue weighted by atomic mass is 10.1. The molecule has 22 heavy (non-hydrogen) atoms. The second-order valence-electron chi connectivity index (χ2n) is 6.79. The van der Waals surface area contributed by atoms with Crippen LogP contribution in [0.15, 0.2) is 24.3 Å². The van der Waals surface area contributed by atoms with E-state index in [2.05, 4.69) is 10.2 Å². The van der Waals surface area contributed by atoms with Crippen LogP contribution in [-0.4, -0.2) is 40.9 Å². The molecule has 1 amide bonds. The number of hydrogen-bond acceptors (Lipinski definition) is 4. The fourth-order valence-electron chi connectivity index (χ4n) is 2.51. The van der Waals surface area contributed by atoms with Crippen LogP contribution in [0, 0.1) is 0 Å². The second kappa shape index (κ2) is 7.11. The molecule has 5 heteroatoms. The maximum absolute atomic E-state index is 11.9. The highest BCUT2D eigenvalue weighted by atomic mass is 16.6. The van der Waals surface area contributed by atoms with Gasteiger partial charge in [-0.3, -0.25) is 10.2 Å². The number of benzene rings is 1. The molecule has 1 aliphatic heterocycles. The van der Waals surface area contributed by atoms with Gasteiger partial charge in [0.2, 0.25) is 0 Å². The molecule has 1 aromatic rings. The van der Waals surface area contributed by atoms with Gasteiger partial charge in [-0.1, -0.05) is 18.2 Å². The molecule has 0 spiro atoms. The number of carbonyl (C=O) groups excluding carboxylic acids is 1. The van der Waals surface area contributed by atoms with Crippen molar-refractivity contribution in [2.45, 2.75) is 51.9 Å². The van der Waals surface area contributed by atoms with Crippen molar-refractivity contribution in [2.24, 2.45) is 0 Å². The normalized spacial score (nSPS) is 17.3. The van der Waals surface area contributed by atoms with Crippen molar-refractivity contribution in [2.75, 3.05) is 18.4 Å². The number of amides is 1. The molecular formula is C17H26N2O3. The van der Waals surface area contributed by atoms with Gasteiger partial charge in [0.15, 0.2) is 0 Å². The number of hydrogen-bond donors (Lipinski definition) is 2. The lowest BCUT2D eigenvalue weighted by Gasteiger charge is -2.30. The highest BCUT2D eigenvalue weighted by Crippen LogP contribution is 2.21. The number of piperidine rings is 1. The molecule has 2 N–H and O–H groups in total. The third kappa shape index (κ3) is 5.31. The van der Waals surface area contributed by atoms with Gasteiger partial charge in [-0.25, -0.2) is 4.79 Å². The SMILES string of the molecule is CC(C)(C)OC(=O)Nc1ccccc1CN1CCC(O)CC1. The van der Waals surface area contributed by atoms with Crippen LogP contribution in [0.1, 0.15) is 39.2 Å². The van der Waals surface area contributed by atoms with Crippen molar-refractivity contribution in [3.8, 4) is 0 Å². The number of nitrogens with one attached hydrogen (secondary N) is 1. The summed E-state index contributed by atoms with van der Waals surface area (Å²) in [7, 11) is 0. The van der Waals surface area contributed by atoms with Crippen molar-refractivity contribution in [3.63, 3.8) is 0 Å². The molecule has 122 valence electrons. The summed E-state index contributed by atoms with van der Waals surface area (Å²) in [6.07, 6.45) is 1.00. The van der Waals surface area contributed by atoms with Crippen molar-refractivity contribution >= 4 is 11.8 Å². The van der Waals surface area contributed by atoms with E-state index in [1.165, 1.54) is 0 Å². The summed E-state index contributed by atoms with van der Waals surface area (Å²) in [5, 5.41) is 12.4. The lowest BCUT2D eigenvalue weighted by Crippen LogP contribution is -2.35. The molecule has 0 unspecified atom stereocenters. The van der Waals surface area contributed by atoms with Crippen LogP contribution in [0.2, 0.25) is 0 Å². The van der Waals surface area contributed by atoms with Crippen molar-refractivity contribution < 1.29 is 14.6 Å². The molecule has 0 radical (unpaired) electrons. The summed E-state index contributed by atoms with van der Waals surface area (Å²) in [5.74, 6) is 0. The molecule has 0 aliphatic carbocycles. The van der Waals surface area contributed by atoms with Crippen molar-refractivity contribution in [1.29, 1.82) is 0 Å². The van der Waals surface area contributed by atoms with Crippen LogP contribution in [0.25, 0.3) is 0 Å². The summed E-state index contributed by atoms with van der Waals surface area (Å²) in [6, 6.07) is 7.76. The van der Waals surface area contributed by atoms with Gasteiger partial charge in [-0.15, -0.1) is 0 Å². The maximum atomic E-state index is 11.9. The zero-order valence-corrected chi connectivity index (χ0v) is 13.6. The van der Waals surface area contributed by atoms with Gasteiger partial charge in [0.25, 0.3) is 0 Å². The highest BCUT2D eigenvalue weighted by molar-refractivity contribution is 5.85. The van der Waals surface area contributed by atoms with Gasteiger partial charge >= 0.3 is 6.09 Å². The first-order chi connectivity index (χ1) is 10.3. The summed E-state index contributed by atoms with van der Waals surface area (Å²) in [4.78, 5) is 14.2. The number of para-hydroxylation sites is 1. The van der Waals surface area contributed by atoms with Crippen LogP contribution in [0.4, 0.5) is 10.5 Å². The average molecular weight is 306 g/mol. The molecule has 0 saturated carbocycles. The van der Waals surface area contributed by atoms with E-state index in [0.29, 0.717) is 0 Å². The Morgan fingerprint density at radius 3 is 2.59 bits per heavy atom. The third-order valence-corrected chi connectivity index (χ3v) is 3.60. The van der Waals surface area contributed by atoms with E-state index in [9.17, 15) is 9.90 Å². The number of aliphatic hydroxyl groups excluding tert-OH is 1. The minimum Gasteiger partial charge on any atom is -0.444 e. The number of aliphatic hydroxyl groups is 1. The third-order valence-electron chi connectivity index (χ3n) is 3.60. The highest BCUT2D eigenvalue weighted by Gasteiger charge is 2.20. The van der Waals surface area contributed by atoms with Gasteiger partial charge < -0.3 is 9.84 Å². The molecule has 2 rings (SSSR count). The first-order valence-electron chi connectivity index (χ1n) is 7.82. The van der Waals surface area contributed by atoms with E-state index in [-0.39, 0.29) is 6.10 Å².